The van der Waals surface area contributed by atoms with Crippen molar-refractivity contribution in [2.75, 3.05) is 16.4 Å². The monoisotopic (exact) mass is 366 g/mol. The van der Waals surface area contributed by atoms with Crippen LogP contribution in [-0.4, -0.2) is 20.9 Å². The van der Waals surface area contributed by atoms with Gasteiger partial charge in [0.1, 0.15) is 5.82 Å². The number of aromatic nitrogens is 3. The van der Waals surface area contributed by atoms with Gasteiger partial charge in [-0.3, -0.25) is 4.79 Å². The van der Waals surface area contributed by atoms with E-state index in [1.54, 1.807) is 11.8 Å². The van der Waals surface area contributed by atoms with Gasteiger partial charge in [-0.2, -0.15) is 15.0 Å². The highest BCUT2D eigenvalue weighted by Crippen LogP contribution is 2.24. The molecule has 4 N–H and O–H groups in total. The lowest BCUT2D eigenvalue weighted by atomic mass is 10.3. The first-order chi connectivity index (χ1) is 12.6. The smallest absolute Gasteiger partial charge is 0.232 e. The van der Waals surface area contributed by atoms with Crippen LogP contribution in [0.2, 0.25) is 0 Å². The average Bonchev–Trinajstić information content (AvgIpc) is 2.61. The standard InChI is InChI=1S/C18H18N6OS/c1-12(25)20-14-7-9-15(10-8-14)26-11-16-22-17(19)24-18(23-16)21-13-5-3-2-4-6-13/h2-10H,11H2,1H3,(H,20,25)(H3,19,21,22,23,24). The quantitative estimate of drug-likeness (QED) is 0.574. The minimum absolute atomic E-state index is 0.0930. The molecular formula is C18H18N6OS. The van der Waals surface area contributed by atoms with Gasteiger partial charge in [0.15, 0.2) is 0 Å². The number of rotatable bonds is 6. The number of para-hydroxylation sites is 1. The van der Waals surface area contributed by atoms with Crippen molar-refractivity contribution in [3.63, 3.8) is 0 Å². The summed E-state index contributed by atoms with van der Waals surface area (Å²) in [5.74, 6) is 1.64. The van der Waals surface area contributed by atoms with E-state index < -0.39 is 0 Å². The van der Waals surface area contributed by atoms with Gasteiger partial charge in [-0.1, -0.05) is 18.2 Å². The Kier molecular flexibility index (Phi) is 5.65. The van der Waals surface area contributed by atoms with Crippen LogP contribution < -0.4 is 16.4 Å². The first kappa shape index (κ1) is 17.7. The maximum atomic E-state index is 11.0. The molecule has 8 heteroatoms. The van der Waals surface area contributed by atoms with Crippen LogP contribution in [0.3, 0.4) is 0 Å². The van der Waals surface area contributed by atoms with Crippen LogP contribution in [0.4, 0.5) is 23.3 Å². The van der Waals surface area contributed by atoms with Gasteiger partial charge >= 0.3 is 0 Å². The van der Waals surface area contributed by atoms with E-state index in [1.807, 2.05) is 54.6 Å². The van der Waals surface area contributed by atoms with Crippen LogP contribution in [0.15, 0.2) is 59.5 Å². The molecule has 3 aromatic rings. The molecule has 0 unspecified atom stereocenters. The first-order valence-corrected chi connectivity index (χ1v) is 8.90. The van der Waals surface area contributed by atoms with E-state index in [9.17, 15) is 4.79 Å². The Morgan fingerprint density at radius 2 is 1.73 bits per heavy atom. The van der Waals surface area contributed by atoms with Crippen LogP contribution >= 0.6 is 11.8 Å². The normalized spacial score (nSPS) is 10.3. The van der Waals surface area contributed by atoms with E-state index in [2.05, 4.69) is 25.6 Å². The van der Waals surface area contributed by atoms with E-state index in [0.717, 1.165) is 16.3 Å². The predicted molar refractivity (Wildman–Crippen MR) is 104 cm³/mol. The number of benzene rings is 2. The summed E-state index contributed by atoms with van der Waals surface area (Å²) in [7, 11) is 0. The zero-order chi connectivity index (χ0) is 18.4. The average molecular weight is 366 g/mol. The Balaban J connectivity index is 1.65. The van der Waals surface area contributed by atoms with Crippen molar-refractivity contribution in [2.45, 2.75) is 17.6 Å². The molecule has 0 aliphatic heterocycles. The zero-order valence-electron chi connectivity index (χ0n) is 14.1. The maximum absolute atomic E-state index is 11.0. The Hall–Kier alpha value is -3.13. The summed E-state index contributed by atoms with van der Waals surface area (Å²) in [6, 6.07) is 17.2. The van der Waals surface area contributed by atoms with Crippen molar-refractivity contribution >= 4 is 40.9 Å². The number of nitrogens with zero attached hydrogens (tertiary/aromatic N) is 3. The second-order valence-corrected chi connectivity index (χ2v) is 6.47. The Morgan fingerprint density at radius 3 is 2.42 bits per heavy atom. The minimum atomic E-state index is -0.0930. The van der Waals surface area contributed by atoms with E-state index >= 15 is 0 Å². The van der Waals surface area contributed by atoms with Gasteiger partial charge in [-0.15, -0.1) is 11.8 Å². The summed E-state index contributed by atoms with van der Waals surface area (Å²) in [5.41, 5.74) is 7.44. The van der Waals surface area contributed by atoms with Gasteiger partial charge in [0.25, 0.3) is 0 Å². The number of amides is 1. The third-order valence-corrected chi connectivity index (χ3v) is 4.28. The van der Waals surface area contributed by atoms with Gasteiger partial charge in [0.2, 0.25) is 17.8 Å². The lowest BCUT2D eigenvalue weighted by Crippen LogP contribution is -2.06. The van der Waals surface area contributed by atoms with E-state index in [0.29, 0.717) is 17.5 Å². The molecule has 132 valence electrons. The van der Waals surface area contributed by atoms with Crippen LogP contribution in [-0.2, 0) is 10.5 Å². The van der Waals surface area contributed by atoms with E-state index in [-0.39, 0.29) is 11.9 Å². The highest BCUT2D eigenvalue weighted by Gasteiger charge is 2.06. The van der Waals surface area contributed by atoms with E-state index in [1.165, 1.54) is 6.92 Å². The summed E-state index contributed by atoms with van der Waals surface area (Å²) in [6.07, 6.45) is 0. The molecule has 2 aromatic carbocycles. The van der Waals surface area contributed by atoms with Crippen molar-refractivity contribution in [1.82, 2.24) is 15.0 Å². The molecule has 0 saturated heterocycles. The van der Waals surface area contributed by atoms with Gasteiger partial charge in [-0.05, 0) is 36.4 Å². The molecule has 0 aliphatic rings. The molecule has 3 rings (SSSR count). The second-order valence-electron chi connectivity index (χ2n) is 5.42. The number of anilines is 4. The Bertz CT molecular complexity index is 886. The fourth-order valence-electron chi connectivity index (χ4n) is 2.19. The highest BCUT2D eigenvalue weighted by atomic mass is 32.2. The van der Waals surface area contributed by atoms with Gasteiger partial charge in [-0.25, -0.2) is 0 Å². The summed E-state index contributed by atoms with van der Waals surface area (Å²) in [6.45, 7) is 1.48. The molecule has 0 aliphatic carbocycles. The van der Waals surface area contributed by atoms with Crippen molar-refractivity contribution in [2.24, 2.45) is 0 Å². The summed E-state index contributed by atoms with van der Waals surface area (Å²) >= 11 is 1.58. The SMILES string of the molecule is CC(=O)Nc1ccc(SCc2nc(N)nc(Nc3ccccc3)n2)cc1. The number of carbonyl (C=O) groups excluding carboxylic acids is 1. The van der Waals surface area contributed by atoms with E-state index in [4.69, 9.17) is 5.73 Å². The fraction of sp³-hybridized carbons (Fsp3) is 0.111. The molecule has 0 fully saturated rings. The molecule has 1 aromatic heterocycles. The fourth-order valence-corrected chi connectivity index (χ4v) is 2.95. The summed E-state index contributed by atoms with van der Waals surface area (Å²) in [4.78, 5) is 24.8. The van der Waals surface area contributed by atoms with Crippen molar-refractivity contribution < 1.29 is 4.79 Å². The van der Waals surface area contributed by atoms with Crippen LogP contribution in [0, 0.1) is 0 Å². The third kappa shape index (κ3) is 5.18. The summed E-state index contributed by atoms with van der Waals surface area (Å²) in [5, 5.41) is 5.86. The number of hydrogen-bond donors (Lipinski definition) is 3. The van der Waals surface area contributed by atoms with Crippen molar-refractivity contribution in [1.29, 1.82) is 0 Å². The maximum Gasteiger partial charge on any atom is 0.232 e. The Labute approximate surface area is 155 Å². The number of hydrogen-bond acceptors (Lipinski definition) is 7. The molecule has 0 atom stereocenters. The van der Waals surface area contributed by atoms with Crippen molar-refractivity contribution in [3.05, 3.63) is 60.4 Å². The summed E-state index contributed by atoms with van der Waals surface area (Å²) < 4.78 is 0. The molecule has 0 spiro atoms. The first-order valence-electron chi connectivity index (χ1n) is 7.91. The van der Waals surface area contributed by atoms with Gasteiger partial charge < -0.3 is 16.4 Å². The molecule has 7 nitrogen and oxygen atoms in total. The number of thioether (sulfide) groups is 1. The lowest BCUT2D eigenvalue weighted by molar-refractivity contribution is -0.114. The van der Waals surface area contributed by atoms with Crippen LogP contribution in [0.25, 0.3) is 0 Å². The molecular weight excluding hydrogens is 348 g/mol. The van der Waals surface area contributed by atoms with Crippen LogP contribution in [0.1, 0.15) is 12.7 Å². The number of nitrogens with one attached hydrogen (secondary N) is 2. The topological polar surface area (TPSA) is 106 Å². The largest absolute Gasteiger partial charge is 0.368 e. The molecule has 1 heterocycles. The zero-order valence-corrected chi connectivity index (χ0v) is 15.0. The highest BCUT2D eigenvalue weighted by molar-refractivity contribution is 7.98. The number of carbonyl (C=O) groups is 1. The predicted octanol–water partition coefficient (Wildman–Crippen LogP) is 3.45. The van der Waals surface area contributed by atoms with Crippen molar-refractivity contribution in [3.8, 4) is 0 Å². The van der Waals surface area contributed by atoms with Gasteiger partial charge in [0.05, 0.1) is 5.75 Å². The van der Waals surface area contributed by atoms with Crippen LogP contribution in [0.5, 0.6) is 0 Å². The number of nitrogen functional groups attached to an aromatic ring is 1. The second kappa shape index (κ2) is 8.30. The minimum Gasteiger partial charge on any atom is -0.368 e. The molecule has 1 amide bonds. The molecule has 26 heavy (non-hydrogen) atoms. The Morgan fingerprint density at radius 1 is 1.00 bits per heavy atom. The lowest BCUT2D eigenvalue weighted by Gasteiger charge is -2.07. The van der Waals surface area contributed by atoms with Gasteiger partial charge in [0, 0.05) is 23.2 Å². The molecule has 0 bridgehead atoms. The number of nitrogens with two attached hydrogens (primary N) is 1. The molecule has 0 radical (unpaired) electrons. The molecule has 0 saturated carbocycles. The third-order valence-electron chi connectivity index (χ3n) is 3.27.